The number of ether oxygens (including phenoxy) is 1. The Hall–Kier alpha value is -3.17. The number of nitrogens with two attached hydrogens (primary N) is 1. The molecule has 6 rings (SSSR count). The minimum atomic E-state index is -1.06. The quantitative estimate of drug-likeness (QED) is 0.258. The van der Waals surface area contributed by atoms with Gasteiger partial charge in [0.2, 0.25) is 5.91 Å². The number of amides is 1. The molecule has 3 aromatic rings. The molecule has 1 spiro atoms. The number of methoxy groups -OCH3 is 1. The van der Waals surface area contributed by atoms with Gasteiger partial charge < -0.3 is 21.1 Å². The first kappa shape index (κ1) is 28.0. The summed E-state index contributed by atoms with van der Waals surface area (Å²) in [6.45, 7) is 2.72. The molecule has 4 N–H and O–H groups in total. The van der Waals surface area contributed by atoms with Gasteiger partial charge in [-0.05, 0) is 66.4 Å². The zero-order chi connectivity index (χ0) is 29.1. The number of nitrogen functional groups attached to an aromatic ring is 1. The first-order chi connectivity index (χ1) is 19.7. The van der Waals surface area contributed by atoms with Crippen molar-refractivity contribution in [1.82, 2.24) is 10.2 Å². The van der Waals surface area contributed by atoms with E-state index in [-0.39, 0.29) is 29.1 Å². The van der Waals surface area contributed by atoms with Crippen LogP contribution < -0.4 is 16.4 Å². The van der Waals surface area contributed by atoms with Crippen LogP contribution in [0.2, 0.25) is 10.0 Å². The minimum Gasteiger partial charge on any atom is -0.465 e. The molecule has 7 nitrogen and oxygen atoms in total. The Labute approximate surface area is 248 Å². The maximum absolute atomic E-state index is 15.9. The van der Waals surface area contributed by atoms with Crippen LogP contribution in [-0.2, 0) is 16.0 Å². The monoisotopic (exact) mass is 596 g/mol. The molecule has 0 radical (unpaired) electrons. The van der Waals surface area contributed by atoms with E-state index in [0.29, 0.717) is 46.9 Å². The number of benzene rings is 3. The summed E-state index contributed by atoms with van der Waals surface area (Å²) in [7, 11) is 1.33. The van der Waals surface area contributed by atoms with Gasteiger partial charge in [-0.2, -0.15) is 0 Å². The zero-order valence-corrected chi connectivity index (χ0v) is 24.2. The molecule has 214 valence electrons. The average Bonchev–Trinajstić information content (AvgIpc) is 3.47. The van der Waals surface area contributed by atoms with Crippen molar-refractivity contribution in [2.75, 3.05) is 24.7 Å². The normalized spacial score (nSPS) is 27.0. The molecule has 41 heavy (non-hydrogen) atoms. The molecule has 0 bridgehead atoms. The number of hydrogen-bond donors (Lipinski definition) is 3. The van der Waals surface area contributed by atoms with Crippen LogP contribution in [0.4, 0.5) is 15.8 Å². The van der Waals surface area contributed by atoms with Crippen molar-refractivity contribution >= 4 is 46.5 Å². The van der Waals surface area contributed by atoms with Gasteiger partial charge >= 0.3 is 5.97 Å². The highest BCUT2D eigenvalue weighted by atomic mass is 35.5. The molecule has 2 fully saturated rings. The Morgan fingerprint density at radius 1 is 1.17 bits per heavy atom. The molecule has 0 aliphatic carbocycles. The molecule has 3 aliphatic heterocycles. The summed E-state index contributed by atoms with van der Waals surface area (Å²) in [4.78, 5) is 28.6. The topological polar surface area (TPSA) is 96.7 Å². The van der Waals surface area contributed by atoms with Crippen molar-refractivity contribution in [2.45, 2.75) is 55.8 Å². The third-order valence-electron chi connectivity index (χ3n) is 8.91. The van der Waals surface area contributed by atoms with E-state index >= 15 is 4.39 Å². The lowest BCUT2D eigenvalue weighted by molar-refractivity contribution is -0.129. The number of likely N-dealkylation sites (tertiary alicyclic amines) is 1. The number of esters is 1. The van der Waals surface area contributed by atoms with Crippen molar-refractivity contribution in [3.63, 3.8) is 0 Å². The van der Waals surface area contributed by atoms with Gasteiger partial charge in [0.25, 0.3) is 0 Å². The summed E-state index contributed by atoms with van der Waals surface area (Å²) in [5.41, 5.74) is 9.08. The molecular weight excluding hydrogens is 566 g/mol. The first-order valence-corrected chi connectivity index (χ1v) is 14.5. The van der Waals surface area contributed by atoms with Gasteiger partial charge in [0.05, 0.1) is 17.7 Å². The number of nitrogens with zero attached hydrogens (tertiary/aromatic N) is 1. The van der Waals surface area contributed by atoms with Gasteiger partial charge in [0, 0.05) is 46.9 Å². The number of rotatable bonds is 5. The molecule has 3 aliphatic rings. The van der Waals surface area contributed by atoms with Crippen LogP contribution in [-0.4, -0.2) is 48.1 Å². The van der Waals surface area contributed by atoms with E-state index in [0.717, 1.165) is 17.5 Å². The molecule has 5 atom stereocenters. The van der Waals surface area contributed by atoms with Gasteiger partial charge in [-0.1, -0.05) is 54.4 Å². The van der Waals surface area contributed by atoms with Gasteiger partial charge in [0.15, 0.2) is 0 Å². The summed E-state index contributed by atoms with van der Waals surface area (Å²) >= 11 is 12.6. The van der Waals surface area contributed by atoms with Gasteiger partial charge in [0.1, 0.15) is 11.4 Å². The second-order valence-electron chi connectivity index (χ2n) is 11.1. The predicted molar refractivity (Wildman–Crippen MR) is 158 cm³/mol. The summed E-state index contributed by atoms with van der Waals surface area (Å²) in [5.74, 6) is -1.71. The Kier molecular flexibility index (Phi) is 7.22. The van der Waals surface area contributed by atoms with E-state index in [9.17, 15) is 9.59 Å². The first-order valence-electron chi connectivity index (χ1n) is 13.7. The fourth-order valence-corrected chi connectivity index (χ4v) is 7.64. The molecular formula is C31H31Cl2FN4O3. The van der Waals surface area contributed by atoms with E-state index in [1.54, 1.807) is 30.3 Å². The Morgan fingerprint density at radius 3 is 2.71 bits per heavy atom. The van der Waals surface area contributed by atoms with Crippen molar-refractivity contribution in [2.24, 2.45) is 0 Å². The van der Waals surface area contributed by atoms with Crippen molar-refractivity contribution < 1.29 is 18.7 Å². The predicted octanol–water partition coefficient (Wildman–Crippen LogP) is 5.72. The van der Waals surface area contributed by atoms with Crippen LogP contribution in [0.1, 0.15) is 58.8 Å². The summed E-state index contributed by atoms with van der Waals surface area (Å²) in [6, 6.07) is 15.1. The smallest absolute Gasteiger partial charge is 0.337 e. The van der Waals surface area contributed by atoms with Crippen LogP contribution in [0.5, 0.6) is 0 Å². The van der Waals surface area contributed by atoms with Gasteiger partial charge in [-0.25, -0.2) is 9.18 Å². The largest absolute Gasteiger partial charge is 0.465 e. The highest BCUT2D eigenvalue weighted by Crippen LogP contribution is 2.55. The SMILES string of the molecule is CCCN1[C@H]2CC(c3ccc(C(=O)OC)cc3N)N[C@H]2[C@H](c2cccc(Cl)c2F)[C@@]12Cc1ccc(Cl)cc1NC2=O. The van der Waals surface area contributed by atoms with Crippen LogP contribution in [0.15, 0.2) is 54.6 Å². The fourth-order valence-electron chi connectivity index (χ4n) is 7.29. The van der Waals surface area contributed by atoms with E-state index in [4.69, 9.17) is 33.7 Å². The van der Waals surface area contributed by atoms with Crippen LogP contribution in [0.25, 0.3) is 0 Å². The molecule has 3 aromatic carbocycles. The number of hydrogen-bond acceptors (Lipinski definition) is 6. The molecule has 10 heteroatoms. The highest BCUT2D eigenvalue weighted by Gasteiger charge is 2.66. The van der Waals surface area contributed by atoms with Gasteiger partial charge in [-0.15, -0.1) is 0 Å². The fraction of sp³-hybridized carbons (Fsp3) is 0.355. The summed E-state index contributed by atoms with van der Waals surface area (Å²) < 4.78 is 20.7. The van der Waals surface area contributed by atoms with E-state index in [1.165, 1.54) is 13.2 Å². The van der Waals surface area contributed by atoms with Crippen molar-refractivity contribution in [3.05, 3.63) is 92.7 Å². The maximum atomic E-state index is 15.9. The van der Waals surface area contributed by atoms with Crippen molar-refractivity contribution in [3.8, 4) is 0 Å². The molecule has 1 amide bonds. The molecule has 0 saturated carbocycles. The number of carbonyl (C=O) groups is 2. The lowest BCUT2D eigenvalue weighted by Crippen LogP contribution is -2.61. The Bertz CT molecular complexity index is 1550. The third-order valence-corrected chi connectivity index (χ3v) is 9.44. The van der Waals surface area contributed by atoms with E-state index in [2.05, 4.69) is 22.5 Å². The number of carbonyl (C=O) groups excluding carboxylic acids is 2. The van der Waals surface area contributed by atoms with Crippen LogP contribution in [0.3, 0.4) is 0 Å². The second-order valence-corrected chi connectivity index (χ2v) is 11.9. The van der Waals surface area contributed by atoms with Crippen LogP contribution >= 0.6 is 23.2 Å². The van der Waals surface area contributed by atoms with E-state index in [1.807, 2.05) is 18.2 Å². The van der Waals surface area contributed by atoms with E-state index < -0.39 is 23.2 Å². The average molecular weight is 598 g/mol. The Morgan fingerprint density at radius 2 is 1.98 bits per heavy atom. The molecule has 1 unspecified atom stereocenters. The number of halogens is 3. The molecule has 3 heterocycles. The summed E-state index contributed by atoms with van der Waals surface area (Å²) in [5, 5.41) is 7.39. The second kappa shape index (κ2) is 10.6. The number of anilines is 2. The maximum Gasteiger partial charge on any atom is 0.337 e. The third kappa shape index (κ3) is 4.39. The van der Waals surface area contributed by atoms with Crippen LogP contribution in [0, 0.1) is 5.82 Å². The lowest BCUT2D eigenvalue weighted by Gasteiger charge is -2.46. The van der Waals surface area contributed by atoms with Gasteiger partial charge in [-0.3, -0.25) is 9.69 Å². The number of fused-ring (bicyclic) bond motifs is 2. The lowest BCUT2D eigenvalue weighted by atomic mass is 9.71. The molecule has 2 saturated heterocycles. The zero-order valence-electron chi connectivity index (χ0n) is 22.7. The highest BCUT2D eigenvalue weighted by molar-refractivity contribution is 6.31. The Balaban J connectivity index is 1.47. The minimum absolute atomic E-state index is 0.0173. The summed E-state index contributed by atoms with van der Waals surface area (Å²) in [6.07, 6.45) is 1.85. The standard InChI is InChI=1S/C31H31Cl2FN4O3/c1-3-11-38-25-14-24(19-10-8-16(12-22(19)35)29(39)41-2)36-28(25)26(20-5-4-6-21(33)27(20)34)31(38)15-17-7-9-18(32)13-23(17)37-30(31)40/h4-10,12-13,24-26,28,36H,3,11,14-15,35H2,1-2H3,(H,37,40)/t24?,25-,26-,28+,31+/m0/s1. The number of nitrogens with one attached hydrogen (secondary N) is 2. The molecule has 0 aromatic heterocycles. The van der Waals surface area contributed by atoms with Crippen molar-refractivity contribution in [1.29, 1.82) is 0 Å².